The van der Waals surface area contributed by atoms with E-state index >= 15 is 0 Å². The molecule has 0 aliphatic rings. The zero-order chi connectivity index (χ0) is 15.6. The summed E-state index contributed by atoms with van der Waals surface area (Å²) < 4.78 is 6.09. The molecule has 0 heterocycles. The maximum Gasteiger partial charge on any atom is 0.335 e. The lowest BCUT2D eigenvalue weighted by atomic mass is 10.2. The van der Waals surface area contributed by atoms with Crippen molar-refractivity contribution in [2.45, 2.75) is 0 Å². The van der Waals surface area contributed by atoms with E-state index < -0.39 is 10.9 Å². The van der Waals surface area contributed by atoms with Gasteiger partial charge in [0.25, 0.3) is 0 Å². The van der Waals surface area contributed by atoms with Crippen LogP contribution in [0.4, 0.5) is 5.69 Å². The van der Waals surface area contributed by atoms with E-state index in [0.717, 1.165) is 0 Å². The number of ether oxygens (including phenoxy) is 1. The average Bonchev–Trinajstić information content (AvgIpc) is 2.40. The van der Waals surface area contributed by atoms with Crippen molar-refractivity contribution in [3.63, 3.8) is 0 Å². The highest BCUT2D eigenvalue weighted by Crippen LogP contribution is 2.38. The Morgan fingerprint density at radius 1 is 1.29 bits per heavy atom. The minimum Gasteiger partial charge on any atom is -0.478 e. The van der Waals surface area contributed by atoms with Gasteiger partial charge in [-0.15, -0.1) is 0 Å². The smallest absolute Gasteiger partial charge is 0.335 e. The van der Waals surface area contributed by atoms with Crippen molar-refractivity contribution in [1.82, 2.24) is 0 Å². The highest BCUT2D eigenvalue weighted by atomic mass is 127. The van der Waals surface area contributed by atoms with Crippen LogP contribution in [0.25, 0.3) is 0 Å². The summed E-state index contributed by atoms with van der Waals surface area (Å²) in [5.41, 5.74) is -0.342. The maximum atomic E-state index is 11.0. The molecule has 0 atom stereocenters. The Morgan fingerprint density at radius 2 is 2.00 bits per heavy atom. The summed E-state index contributed by atoms with van der Waals surface area (Å²) in [6, 6.07) is 8.56. The summed E-state index contributed by atoms with van der Waals surface area (Å²) in [4.78, 5) is 21.3. The molecule has 108 valence electrons. The molecule has 2 rings (SSSR count). The second-order valence-corrected chi connectivity index (χ2v) is 5.47. The topological polar surface area (TPSA) is 89.7 Å². The molecular formula is C13H7ClINO5. The van der Waals surface area contributed by atoms with E-state index in [1.54, 1.807) is 6.07 Å². The molecular weight excluding hydrogens is 413 g/mol. The van der Waals surface area contributed by atoms with Crippen LogP contribution in [0.5, 0.6) is 11.5 Å². The standard InChI is InChI=1S/C13H7ClINO5/c14-8-2-1-3-10(12(8)16(19)20)21-11-6-7(13(17)18)4-5-9(11)15/h1-6H,(H,17,18). The number of hydrogen-bond donors (Lipinski definition) is 1. The van der Waals surface area contributed by atoms with Crippen molar-refractivity contribution in [3.05, 3.63) is 60.7 Å². The number of benzene rings is 2. The van der Waals surface area contributed by atoms with Gasteiger partial charge in [0.15, 0.2) is 0 Å². The first-order valence-electron chi connectivity index (χ1n) is 5.53. The lowest BCUT2D eigenvalue weighted by molar-refractivity contribution is -0.385. The Balaban J connectivity index is 2.48. The fourth-order valence-corrected chi connectivity index (χ4v) is 2.27. The number of nitro groups is 1. The van der Waals surface area contributed by atoms with E-state index in [-0.39, 0.29) is 27.8 Å². The van der Waals surface area contributed by atoms with Crippen LogP contribution in [-0.4, -0.2) is 16.0 Å². The number of aromatic carboxylic acids is 1. The van der Waals surface area contributed by atoms with Crippen LogP contribution in [0.3, 0.4) is 0 Å². The predicted octanol–water partition coefficient (Wildman–Crippen LogP) is 4.34. The lowest BCUT2D eigenvalue weighted by Gasteiger charge is -2.09. The second kappa shape index (κ2) is 6.27. The summed E-state index contributed by atoms with van der Waals surface area (Å²) in [7, 11) is 0. The monoisotopic (exact) mass is 419 g/mol. The summed E-state index contributed by atoms with van der Waals surface area (Å²) >= 11 is 7.74. The Morgan fingerprint density at radius 3 is 2.62 bits per heavy atom. The third-order valence-electron chi connectivity index (χ3n) is 2.53. The summed E-state index contributed by atoms with van der Waals surface area (Å²) in [5.74, 6) is -0.953. The molecule has 0 unspecified atom stereocenters. The van der Waals surface area contributed by atoms with Crippen LogP contribution in [0.2, 0.25) is 5.02 Å². The van der Waals surface area contributed by atoms with Crippen LogP contribution in [0, 0.1) is 13.7 Å². The molecule has 6 nitrogen and oxygen atoms in total. The van der Waals surface area contributed by atoms with Gasteiger partial charge in [0.1, 0.15) is 10.8 Å². The molecule has 8 heteroatoms. The van der Waals surface area contributed by atoms with E-state index in [9.17, 15) is 14.9 Å². The number of carboxylic acid groups (broad SMARTS) is 1. The molecule has 0 aliphatic heterocycles. The zero-order valence-corrected chi connectivity index (χ0v) is 13.2. The SMILES string of the molecule is O=C(O)c1ccc(I)c(Oc2cccc(Cl)c2[N+](=O)[O-])c1. The van der Waals surface area contributed by atoms with Crippen molar-refractivity contribution in [2.24, 2.45) is 0 Å². The normalized spacial score (nSPS) is 10.2. The summed E-state index contributed by atoms with van der Waals surface area (Å²) in [6.07, 6.45) is 0. The Labute approximate surface area is 137 Å². The summed E-state index contributed by atoms with van der Waals surface area (Å²) in [6.45, 7) is 0. The van der Waals surface area contributed by atoms with Gasteiger partial charge in [0.2, 0.25) is 5.75 Å². The van der Waals surface area contributed by atoms with Crippen LogP contribution >= 0.6 is 34.2 Å². The van der Waals surface area contributed by atoms with Crippen molar-refractivity contribution in [1.29, 1.82) is 0 Å². The van der Waals surface area contributed by atoms with Crippen molar-refractivity contribution in [2.75, 3.05) is 0 Å². The molecule has 2 aromatic rings. The Hall–Kier alpha value is -1.87. The fraction of sp³-hybridized carbons (Fsp3) is 0. The minimum atomic E-state index is -1.11. The molecule has 0 radical (unpaired) electrons. The third kappa shape index (κ3) is 3.42. The number of rotatable bonds is 4. The Kier molecular flexibility index (Phi) is 4.63. The molecule has 1 N–H and O–H groups in total. The number of carboxylic acids is 1. The first-order valence-corrected chi connectivity index (χ1v) is 6.99. The molecule has 0 aliphatic carbocycles. The molecule has 2 aromatic carbocycles. The van der Waals surface area contributed by atoms with Gasteiger partial charge in [-0.25, -0.2) is 4.79 Å². The van der Waals surface area contributed by atoms with Crippen molar-refractivity contribution < 1.29 is 19.6 Å². The zero-order valence-electron chi connectivity index (χ0n) is 10.2. The highest BCUT2D eigenvalue weighted by molar-refractivity contribution is 14.1. The number of para-hydroxylation sites is 1. The Bertz CT molecular complexity index is 734. The molecule has 0 saturated carbocycles. The lowest BCUT2D eigenvalue weighted by Crippen LogP contribution is -1.99. The summed E-state index contributed by atoms with van der Waals surface area (Å²) in [5, 5.41) is 20.0. The van der Waals surface area contributed by atoms with Crippen LogP contribution in [0.1, 0.15) is 10.4 Å². The number of nitrogens with zero attached hydrogens (tertiary/aromatic N) is 1. The molecule has 0 bridgehead atoms. The van der Waals surface area contributed by atoms with Crippen molar-refractivity contribution in [3.8, 4) is 11.5 Å². The molecule has 0 aromatic heterocycles. The average molecular weight is 420 g/mol. The third-order valence-corrected chi connectivity index (χ3v) is 3.73. The van der Waals surface area contributed by atoms with Gasteiger partial charge in [-0.1, -0.05) is 17.7 Å². The largest absolute Gasteiger partial charge is 0.478 e. The van der Waals surface area contributed by atoms with E-state index in [4.69, 9.17) is 21.4 Å². The second-order valence-electron chi connectivity index (χ2n) is 3.90. The van der Waals surface area contributed by atoms with E-state index in [1.807, 2.05) is 22.6 Å². The first-order chi connectivity index (χ1) is 9.90. The molecule has 0 saturated heterocycles. The van der Waals surface area contributed by atoms with Crippen LogP contribution in [0.15, 0.2) is 36.4 Å². The van der Waals surface area contributed by atoms with E-state index in [0.29, 0.717) is 3.57 Å². The minimum absolute atomic E-state index is 0.0232. The van der Waals surface area contributed by atoms with Gasteiger partial charge in [-0.2, -0.15) is 0 Å². The predicted molar refractivity (Wildman–Crippen MR) is 84.3 cm³/mol. The first kappa shape index (κ1) is 15.5. The van der Waals surface area contributed by atoms with E-state index in [2.05, 4.69) is 0 Å². The quantitative estimate of drug-likeness (QED) is 0.452. The van der Waals surface area contributed by atoms with Crippen LogP contribution < -0.4 is 4.74 Å². The number of nitro benzene ring substituents is 1. The maximum absolute atomic E-state index is 11.0. The van der Waals surface area contributed by atoms with Gasteiger partial charge >= 0.3 is 11.7 Å². The van der Waals surface area contributed by atoms with Crippen LogP contribution in [-0.2, 0) is 0 Å². The molecule has 0 spiro atoms. The highest BCUT2D eigenvalue weighted by Gasteiger charge is 2.21. The molecule has 0 fully saturated rings. The van der Waals surface area contributed by atoms with Gasteiger partial charge in [-0.05, 0) is 52.9 Å². The van der Waals surface area contributed by atoms with Gasteiger partial charge in [0.05, 0.1) is 14.1 Å². The molecule has 0 amide bonds. The van der Waals surface area contributed by atoms with Gasteiger partial charge < -0.3 is 9.84 Å². The van der Waals surface area contributed by atoms with Crippen molar-refractivity contribution >= 4 is 45.8 Å². The fourth-order valence-electron chi connectivity index (χ4n) is 1.59. The number of halogens is 2. The number of hydrogen-bond acceptors (Lipinski definition) is 4. The van der Waals surface area contributed by atoms with Gasteiger partial charge in [-0.3, -0.25) is 10.1 Å². The van der Waals surface area contributed by atoms with E-state index in [1.165, 1.54) is 30.3 Å². The van der Waals surface area contributed by atoms with Gasteiger partial charge in [0, 0.05) is 0 Å². The molecule has 21 heavy (non-hydrogen) atoms. The number of carbonyl (C=O) groups is 1.